The van der Waals surface area contributed by atoms with Gasteiger partial charge in [0.05, 0.1) is 15.7 Å². The van der Waals surface area contributed by atoms with Gasteiger partial charge in [-0.1, -0.05) is 0 Å². The lowest BCUT2D eigenvalue weighted by molar-refractivity contribution is -0.136. The lowest BCUT2D eigenvalue weighted by Crippen LogP contribution is -2.10. The molecule has 0 spiro atoms. The van der Waals surface area contributed by atoms with Gasteiger partial charge in [0, 0.05) is 11.8 Å². The monoisotopic (exact) mass is 328 g/mol. The number of halogens is 3. The molecule has 0 radical (unpaired) electrons. The smallest absolute Gasteiger partial charge is 0.307 e. The molecule has 1 aromatic heterocycles. The van der Waals surface area contributed by atoms with Crippen LogP contribution >= 0.6 is 22.6 Å². The van der Waals surface area contributed by atoms with Crippen molar-refractivity contribution in [2.45, 2.75) is 12.8 Å². The zero-order valence-corrected chi connectivity index (χ0v) is 9.53. The highest BCUT2D eigenvalue weighted by Gasteiger charge is 2.20. The van der Waals surface area contributed by atoms with E-state index < -0.39 is 24.5 Å². The Morgan fingerprint density at radius 1 is 1.67 bits per heavy atom. The summed E-state index contributed by atoms with van der Waals surface area (Å²) < 4.78 is 25.4. The molecule has 0 saturated heterocycles. The number of rotatable bonds is 3. The first-order valence-corrected chi connectivity index (χ1v) is 4.94. The second-order valence-electron chi connectivity index (χ2n) is 2.75. The Balaban J connectivity index is 3.28. The summed E-state index contributed by atoms with van der Waals surface area (Å²) in [6, 6.07) is 0. The molecule has 0 bridgehead atoms. The van der Waals surface area contributed by atoms with E-state index in [2.05, 4.69) is 4.98 Å². The van der Waals surface area contributed by atoms with Crippen LogP contribution in [0.5, 0.6) is 0 Å². The number of anilines is 1. The Labute approximate surface area is 97.6 Å². The molecule has 0 aliphatic heterocycles. The molecular formula is C8H7F2IN2O2. The number of aliphatic carboxylic acids is 1. The number of carbonyl (C=O) groups is 1. The van der Waals surface area contributed by atoms with Gasteiger partial charge in [0.25, 0.3) is 6.43 Å². The summed E-state index contributed by atoms with van der Waals surface area (Å²) in [7, 11) is 0. The van der Waals surface area contributed by atoms with Gasteiger partial charge in [-0.3, -0.25) is 9.78 Å². The molecule has 0 atom stereocenters. The summed E-state index contributed by atoms with van der Waals surface area (Å²) in [6.07, 6.45) is -2.17. The average molecular weight is 328 g/mol. The van der Waals surface area contributed by atoms with Crippen molar-refractivity contribution in [1.82, 2.24) is 4.98 Å². The quantitative estimate of drug-likeness (QED) is 0.830. The number of nitrogen functional groups attached to an aromatic ring is 1. The fraction of sp³-hybridized carbons (Fsp3) is 0.250. The fourth-order valence-corrected chi connectivity index (χ4v) is 1.55. The van der Waals surface area contributed by atoms with Gasteiger partial charge >= 0.3 is 5.97 Å². The number of hydrogen-bond donors (Lipinski definition) is 2. The van der Waals surface area contributed by atoms with Gasteiger partial charge in [-0.15, -0.1) is 0 Å². The molecule has 7 heteroatoms. The Kier molecular flexibility index (Phi) is 3.77. The summed E-state index contributed by atoms with van der Waals surface area (Å²) >= 11 is 1.81. The largest absolute Gasteiger partial charge is 0.481 e. The molecule has 1 rings (SSSR count). The lowest BCUT2D eigenvalue weighted by Gasteiger charge is -2.10. The van der Waals surface area contributed by atoms with Gasteiger partial charge < -0.3 is 10.8 Å². The molecule has 0 aliphatic carbocycles. The normalized spacial score (nSPS) is 10.7. The predicted molar refractivity (Wildman–Crippen MR) is 57.7 cm³/mol. The molecule has 0 aromatic carbocycles. The first-order valence-electron chi connectivity index (χ1n) is 3.86. The Bertz CT molecular complexity index is 398. The van der Waals surface area contributed by atoms with Crippen molar-refractivity contribution >= 4 is 34.2 Å². The molecular weight excluding hydrogens is 321 g/mol. The predicted octanol–water partition coefficient (Wildman–Crippen LogP) is 1.83. The van der Waals surface area contributed by atoms with Crippen molar-refractivity contribution in [3.8, 4) is 0 Å². The summed E-state index contributed by atoms with van der Waals surface area (Å²) in [5, 5.41) is 8.56. The lowest BCUT2D eigenvalue weighted by atomic mass is 10.1. The van der Waals surface area contributed by atoms with E-state index >= 15 is 0 Å². The van der Waals surface area contributed by atoms with E-state index in [1.807, 2.05) is 22.6 Å². The van der Waals surface area contributed by atoms with Gasteiger partial charge in [-0.25, -0.2) is 8.78 Å². The first kappa shape index (κ1) is 12.1. The molecule has 1 heterocycles. The van der Waals surface area contributed by atoms with Gasteiger partial charge in [0.2, 0.25) is 0 Å². The Morgan fingerprint density at radius 3 is 2.73 bits per heavy atom. The van der Waals surface area contributed by atoms with Crippen molar-refractivity contribution < 1.29 is 18.7 Å². The number of carboxylic acids is 1. The standard InChI is InChI=1S/C8H7F2IN2O2/c9-8(10)7-3(1-5(14)15)6(12)4(11)2-13-7/h2,8H,1H2,(H2,12,13)(H,14,15). The Morgan fingerprint density at radius 2 is 2.27 bits per heavy atom. The van der Waals surface area contributed by atoms with E-state index in [4.69, 9.17) is 10.8 Å². The number of alkyl halides is 2. The number of nitrogens with two attached hydrogens (primary N) is 1. The van der Waals surface area contributed by atoms with Crippen molar-refractivity contribution in [1.29, 1.82) is 0 Å². The average Bonchev–Trinajstić information content (AvgIpc) is 2.12. The van der Waals surface area contributed by atoms with E-state index in [9.17, 15) is 13.6 Å². The molecule has 0 amide bonds. The summed E-state index contributed by atoms with van der Waals surface area (Å²) in [5.74, 6) is -1.22. The third kappa shape index (κ3) is 2.74. The van der Waals surface area contributed by atoms with Crippen molar-refractivity contribution in [2.75, 3.05) is 5.73 Å². The second kappa shape index (κ2) is 4.69. The van der Waals surface area contributed by atoms with E-state index in [1.54, 1.807) is 0 Å². The zero-order chi connectivity index (χ0) is 11.6. The van der Waals surface area contributed by atoms with Gasteiger partial charge in [0.15, 0.2) is 0 Å². The molecule has 0 fully saturated rings. The fourth-order valence-electron chi connectivity index (χ4n) is 1.08. The van der Waals surface area contributed by atoms with Crippen LogP contribution in [0.15, 0.2) is 6.20 Å². The van der Waals surface area contributed by atoms with Crippen LogP contribution in [0.25, 0.3) is 0 Å². The molecule has 4 nitrogen and oxygen atoms in total. The maximum atomic E-state index is 12.5. The molecule has 1 aromatic rings. The zero-order valence-electron chi connectivity index (χ0n) is 7.38. The second-order valence-corrected chi connectivity index (χ2v) is 3.92. The van der Waals surface area contributed by atoms with Crippen molar-refractivity contribution in [3.05, 3.63) is 21.0 Å². The maximum absolute atomic E-state index is 12.5. The van der Waals surface area contributed by atoms with Crippen LogP contribution in [-0.2, 0) is 11.2 Å². The van der Waals surface area contributed by atoms with E-state index in [0.717, 1.165) is 0 Å². The third-order valence-corrected chi connectivity index (χ3v) is 2.60. The molecule has 15 heavy (non-hydrogen) atoms. The minimum atomic E-state index is -2.82. The summed E-state index contributed by atoms with van der Waals surface area (Å²) in [4.78, 5) is 14.0. The number of hydrogen-bond acceptors (Lipinski definition) is 3. The van der Waals surface area contributed by atoms with Crippen LogP contribution in [-0.4, -0.2) is 16.1 Å². The van der Waals surface area contributed by atoms with Crippen LogP contribution in [0.3, 0.4) is 0 Å². The summed E-state index contributed by atoms with van der Waals surface area (Å²) in [6.45, 7) is 0. The van der Waals surface area contributed by atoms with E-state index in [0.29, 0.717) is 3.57 Å². The molecule has 0 unspecified atom stereocenters. The highest BCUT2D eigenvalue weighted by molar-refractivity contribution is 14.1. The SMILES string of the molecule is Nc1c(I)cnc(C(F)F)c1CC(=O)O. The number of carboxylic acid groups (broad SMARTS) is 1. The molecule has 0 aliphatic rings. The molecule has 0 saturated carbocycles. The summed E-state index contributed by atoms with van der Waals surface area (Å²) in [5.41, 5.74) is 4.92. The van der Waals surface area contributed by atoms with Gasteiger partial charge in [0.1, 0.15) is 5.69 Å². The number of nitrogens with zero attached hydrogens (tertiary/aromatic N) is 1. The van der Waals surface area contributed by atoms with Gasteiger partial charge in [-0.2, -0.15) is 0 Å². The van der Waals surface area contributed by atoms with Crippen LogP contribution < -0.4 is 5.73 Å². The number of pyridine rings is 1. The van der Waals surface area contributed by atoms with Crippen LogP contribution in [0.2, 0.25) is 0 Å². The molecule has 82 valence electrons. The van der Waals surface area contributed by atoms with E-state index in [-0.39, 0.29) is 11.3 Å². The minimum Gasteiger partial charge on any atom is -0.481 e. The van der Waals surface area contributed by atoms with Crippen LogP contribution in [0.1, 0.15) is 17.7 Å². The molecule has 3 N–H and O–H groups in total. The highest BCUT2D eigenvalue weighted by Crippen LogP contribution is 2.28. The topological polar surface area (TPSA) is 76.2 Å². The maximum Gasteiger partial charge on any atom is 0.307 e. The third-order valence-electron chi connectivity index (χ3n) is 1.74. The highest BCUT2D eigenvalue weighted by atomic mass is 127. The number of aromatic nitrogens is 1. The van der Waals surface area contributed by atoms with Crippen molar-refractivity contribution in [3.63, 3.8) is 0 Å². The van der Waals surface area contributed by atoms with Gasteiger partial charge in [-0.05, 0) is 22.6 Å². The Hall–Kier alpha value is -0.990. The van der Waals surface area contributed by atoms with E-state index in [1.165, 1.54) is 6.20 Å². The first-order chi connectivity index (χ1) is 6.93. The van der Waals surface area contributed by atoms with Crippen LogP contribution in [0, 0.1) is 3.57 Å². The van der Waals surface area contributed by atoms with Crippen molar-refractivity contribution in [2.24, 2.45) is 0 Å². The minimum absolute atomic E-state index is 0.0586. The van der Waals surface area contributed by atoms with Crippen LogP contribution in [0.4, 0.5) is 14.5 Å².